The minimum atomic E-state index is -0.951. The first-order chi connectivity index (χ1) is 9.93. The average Bonchev–Trinajstić information content (AvgIpc) is 2.72. The van der Waals surface area contributed by atoms with Crippen molar-refractivity contribution in [2.45, 2.75) is 13.0 Å². The summed E-state index contributed by atoms with van der Waals surface area (Å²) >= 11 is 6.66. The number of amides is 2. The second-order valence-corrected chi connectivity index (χ2v) is 5.74. The molecule has 21 heavy (non-hydrogen) atoms. The number of nitrogens with zero attached hydrogens (tertiary/aromatic N) is 1. The van der Waals surface area contributed by atoms with Gasteiger partial charge in [-0.3, -0.25) is 14.5 Å². The quantitative estimate of drug-likeness (QED) is 0.631. The van der Waals surface area contributed by atoms with E-state index in [-0.39, 0.29) is 4.91 Å². The minimum absolute atomic E-state index is 0.248. The highest BCUT2D eigenvalue weighted by Crippen LogP contribution is 2.34. The maximum Gasteiger partial charge on any atom is 0.328 e. The van der Waals surface area contributed by atoms with Crippen molar-refractivity contribution in [3.05, 3.63) is 39.8 Å². The van der Waals surface area contributed by atoms with Crippen LogP contribution in [0.25, 0.3) is 6.08 Å². The molecule has 0 saturated carbocycles. The predicted octanol–water partition coefficient (Wildman–Crippen LogP) is 2.94. The summed E-state index contributed by atoms with van der Waals surface area (Å²) in [4.78, 5) is 36.8. The molecule has 1 aliphatic rings. The van der Waals surface area contributed by atoms with Crippen LogP contribution in [0.3, 0.4) is 0 Å². The van der Waals surface area contributed by atoms with Crippen molar-refractivity contribution in [3.63, 3.8) is 0 Å². The molecule has 0 N–H and O–H groups in total. The fourth-order valence-electron chi connectivity index (χ4n) is 1.84. The standard InChI is InChI=1S/C14H12ClNO4S/c1-8(13(18)20-2)16-12(17)11(21-14(16)19)7-9-4-3-5-10(15)6-9/h3-8H,1-2H3/b11-7+/t8-/m1/s1. The molecule has 5 nitrogen and oxygen atoms in total. The number of ether oxygens (including phenoxy) is 1. The third kappa shape index (κ3) is 3.28. The molecule has 0 radical (unpaired) electrons. The van der Waals surface area contributed by atoms with Crippen LogP contribution in [0, 0.1) is 0 Å². The summed E-state index contributed by atoms with van der Waals surface area (Å²) in [5, 5.41) is 0.0390. The van der Waals surface area contributed by atoms with E-state index in [1.165, 1.54) is 14.0 Å². The Balaban J connectivity index is 2.28. The van der Waals surface area contributed by atoms with Gasteiger partial charge in [-0.2, -0.15) is 0 Å². The number of hydrogen-bond donors (Lipinski definition) is 0. The third-order valence-corrected chi connectivity index (χ3v) is 4.02. The van der Waals surface area contributed by atoms with Crippen molar-refractivity contribution in [3.8, 4) is 0 Å². The van der Waals surface area contributed by atoms with Crippen LogP contribution in [0.2, 0.25) is 5.02 Å². The minimum Gasteiger partial charge on any atom is -0.467 e. The lowest BCUT2D eigenvalue weighted by Crippen LogP contribution is -2.42. The number of halogens is 1. The molecule has 0 aliphatic carbocycles. The molecule has 1 aliphatic heterocycles. The Labute approximate surface area is 130 Å². The number of esters is 1. The van der Waals surface area contributed by atoms with Gasteiger partial charge in [0.1, 0.15) is 6.04 Å². The molecular formula is C14H12ClNO4S. The predicted molar refractivity (Wildman–Crippen MR) is 80.7 cm³/mol. The smallest absolute Gasteiger partial charge is 0.328 e. The summed E-state index contributed by atoms with van der Waals surface area (Å²) in [5.74, 6) is -1.15. The molecule has 2 rings (SSSR count). The number of carbonyl (C=O) groups excluding carboxylic acids is 3. The molecule has 110 valence electrons. The zero-order valence-corrected chi connectivity index (χ0v) is 12.9. The average molecular weight is 326 g/mol. The van der Waals surface area contributed by atoms with Crippen molar-refractivity contribution in [2.24, 2.45) is 0 Å². The van der Waals surface area contributed by atoms with Crippen molar-refractivity contribution >= 4 is 46.6 Å². The van der Waals surface area contributed by atoms with Crippen LogP contribution in [0.15, 0.2) is 29.2 Å². The summed E-state index contributed by atoms with van der Waals surface area (Å²) < 4.78 is 4.56. The van der Waals surface area contributed by atoms with Gasteiger partial charge in [0, 0.05) is 5.02 Å². The van der Waals surface area contributed by atoms with Gasteiger partial charge in [0.25, 0.3) is 11.1 Å². The lowest BCUT2D eigenvalue weighted by molar-refractivity contribution is -0.148. The van der Waals surface area contributed by atoms with Gasteiger partial charge in [-0.15, -0.1) is 0 Å². The first kappa shape index (κ1) is 15.6. The topological polar surface area (TPSA) is 63.7 Å². The highest BCUT2D eigenvalue weighted by atomic mass is 35.5. The number of benzene rings is 1. The summed E-state index contributed by atoms with van der Waals surface area (Å²) in [6.45, 7) is 1.45. The number of imide groups is 1. The molecule has 1 heterocycles. The Morgan fingerprint density at radius 2 is 2.14 bits per heavy atom. The third-order valence-electron chi connectivity index (χ3n) is 2.90. The maximum atomic E-state index is 12.2. The lowest BCUT2D eigenvalue weighted by Gasteiger charge is -2.18. The van der Waals surface area contributed by atoms with Gasteiger partial charge in [-0.1, -0.05) is 23.7 Å². The first-order valence-electron chi connectivity index (χ1n) is 6.04. The number of thioether (sulfide) groups is 1. The Morgan fingerprint density at radius 3 is 2.76 bits per heavy atom. The molecule has 0 aromatic heterocycles. The van der Waals surface area contributed by atoms with E-state index in [0.29, 0.717) is 10.6 Å². The summed E-state index contributed by atoms with van der Waals surface area (Å²) in [6.07, 6.45) is 1.57. The van der Waals surface area contributed by atoms with Crippen molar-refractivity contribution in [1.29, 1.82) is 0 Å². The van der Waals surface area contributed by atoms with E-state index in [1.54, 1.807) is 30.3 Å². The number of rotatable bonds is 3. The Bertz CT molecular complexity index is 644. The van der Waals surface area contributed by atoms with Crippen molar-refractivity contribution in [2.75, 3.05) is 7.11 Å². The van der Waals surface area contributed by atoms with Gasteiger partial charge >= 0.3 is 5.97 Å². The summed E-state index contributed by atoms with van der Waals surface area (Å²) in [7, 11) is 1.21. The van der Waals surface area contributed by atoms with Gasteiger partial charge < -0.3 is 4.74 Å². The van der Waals surface area contributed by atoms with Gasteiger partial charge in [0.15, 0.2) is 0 Å². The van der Waals surface area contributed by atoms with Gasteiger partial charge in [0.2, 0.25) is 0 Å². The SMILES string of the molecule is COC(=O)[C@@H](C)N1C(=O)S/C(=C/c2cccc(Cl)c2)C1=O. The number of carbonyl (C=O) groups is 3. The van der Waals surface area contributed by atoms with E-state index in [9.17, 15) is 14.4 Å². The van der Waals surface area contributed by atoms with Crippen LogP contribution < -0.4 is 0 Å². The summed E-state index contributed by atoms with van der Waals surface area (Å²) in [5.41, 5.74) is 0.707. The monoisotopic (exact) mass is 325 g/mol. The molecule has 0 bridgehead atoms. The number of methoxy groups -OCH3 is 1. The molecule has 0 unspecified atom stereocenters. The van der Waals surface area contributed by atoms with Crippen LogP contribution in [0.5, 0.6) is 0 Å². The molecule has 1 aromatic carbocycles. The second-order valence-electron chi connectivity index (χ2n) is 4.31. The Hall–Kier alpha value is -1.79. The highest BCUT2D eigenvalue weighted by Gasteiger charge is 2.41. The van der Waals surface area contributed by atoms with Gasteiger partial charge in [0.05, 0.1) is 12.0 Å². The van der Waals surface area contributed by atoms with E-state index < -0.39 is 23.2 Å². The maximum absolute atomic E-state index is 12.2. The number of hydrogen-bond acceptors (Lipinski definition) is 5. The van der Waals surface area contributed by atoms with Crippen LogP contribution >= 0.6 is 23.4 Å². The van der Waals surface area contributed by atoms with E-state index in [4.69, 9.17) is 11.6 Å². The molecule has 1 atom stereocenters. The van der Waals surface area contributed by atoms with Crippen LogP contribution in [0.4, 0.5) is 4.79 Å². The van der Waals surface area contributed by atoms with E-state index in [0.717, 1.165) is 16.7 Å². The summed E-state index contributed by atoms with van der Waals surface area (Å²) in [6, 6.07) is 5.95. The zero-order chi connectivity index (χ0) is 15.6. The lowest BCUT2D eigenvalue weighted by atomic mass is 10.2. The Morgan fingerprint density at radius 1 is 1.43 bits per heavy atom. The first-order valence-corrected chi connectivity index (χ1v) is 7.24. The highest BCUT2D eigenvalue weighted by molar-refractivity contribution is 8.18. The van der Waals surface area contributed by atoms with Gasteiger partial charge in [-0.25, -0.2) is 4.79 Å². The van der Waals surface area contributed by atoms with E-state index in [2.05, 4.69) is 4.74 Å². The molecule has 2 amide bonds. The van der Waals surface area contributed by atoms with Gasteiger partial charge in [-0.05, 0) is 42.5 Å². The normalized spacial score (nSPS) is 18.2. The zero-order valence-electron chi connectivity index (χ0n) is 11.3. The molecular weight excluding hydrogens is 314 g/mol. The fraction of sp³-hybridized carbons (Fsp3) is 0.214. The van der Waals surface area contributed by atoms with E-state index in [1.807, 2.05) is 0 Å². The van der Waals surface area contributed by atoms with Crippen molar-refractivity contribution in [1.82, 2.24) is 4.90 Å². The van der Waals surface area contributed by atoms with Crippen LogP contribution in [-0.2, 0) is 14.3 Å². The van der Waals surface area contributed by atoms with Crippen LogP contribution in [0.1, 0.15) is 12.5 Å². The molecule has 1 saturated heterocycles. The second kappa shape index (κ2) is 6.32. The largest absolute Gasteiger partial charge is 0.467 e. The molecule has 1 aromatic rings. The fourth-order valence-corrected chi connectivity index (χ4v) is 2.94. The molecule has 1 fully saturated rings. The van der Waals surface area contributed by atoms with Crippen molar-refractivity contribution < 1.29 is 19.1 Å². The van der Waals surface area contributed by atoms with E-state index >= 15 is 0 Å². The molecule has 0 spiro atoms. The Kier molecular flexibility index (Phi) is 4.69. The van der Waals surface area contributed by atoms with Crippen LogP contribution in [-0.4, -0.2) is 35.2 Å². The molecule has 7 heteroatoms.